The Morgan fingerprint density at radius 3 is 2.76 bits per heavy atom. The summed E-state index contributed by atoms with van der Waals surface area (Å²) in [4.78, 5) is 16.6. The van der Waals surface area contributed by atoms with Gasteiger partial charge in [-0.05, 0) is 29.7 Å². The van der Waals surface area contributed by atoms with Crippen LogP contribution >= 0.6 is 11.6 Å². The summed E-state index contributed by atoms with van der Waals surface area (Å²) in [5.41, 5.74) is 7.13. The van der Waals surface area contributed by atoms with Crippen LogP contribution in [-0.4, -0.2) is 10.9 Å². The van der Waals surface area contributed by atoms with Gasteiger partial charge in [0.2, 0.25) is 0 Å². The number of carbonyl (C=O) groups excluding carboxylic acids is 1. The molecule has 0 aliphatic carbocycles. The van der Waals surface area contributed by atoms with Gasteiger partial charge in [0.1, 0.15) is 5.69 Å². The van der Waals surface area contributed by atoms with Gasteiger partial charge in [0.05, 0.1) is 11.4 Å². The maximum atomic E-state index is 12.4. The number of nitrogens with zero attached hydrogens (tertiary/aromatic N) is 1. The standard InChI is InChI=1S/C16H12ClN3O/c17-11-5-6-14(13(18)9-11)20-16(21)15-12-4-2-1-3-10(12)7-8-19-15/h1-9H,18H2,(H,20,21). The average molecular weight is 298 g/mol. The number of carbonyl (C=O) groups is 1. The lowest BCUT2D eigenvalue weighted by Gasteiger charge is -2.09. The molecule has 4 nitrogen and oxygen atoms in total. The van der Waals surface area contributed by atoms with Crippen LogP contribution in [0.2, 0.25) is 5.02 Å². The van der Waals surface area contributed by atoms with Crippen LogP contribution < -0.4 is 11.1 Å². The molecule has 2 aromatic carbocycles. The van der Waals surface area contributed by atoms with Gasteiger partial charge in [-0.2, -0.15) is 0 Å². The highest BCUT2D eigenvalue weighted by molar-refractivity contribution is 6.31. The normalized spacial score (nSPS) is 10.5. The van der Waals surface area contributed by atoms with E-state index in [1.807, 2.05) is 30.3 Å². The van der Waals surface area contributed by atoms with E-state index in [1.54, 1.807) is 24.4 Å². The Kier molecular flexibility index (Phi) is 3.46. The van der Waals surface area contributed by atoms with Gasteiger partial charge in [0.25, 0.3) is 5.91 Å². The first-order valence-electron chi connectivity index (χ1n) is 6.35. The molecule has 0 aliphatic rings. The molecule has 0 fully saturated rings. The molecule has 0 unspecified atom stereocenters. The van der Waals surface area contributed by atoms with E-state index in [1.165, 1.54) is 0 Å². The molecule has 1 heterocycles. The first kappa shape index (κ1) is 13.4. The molecule has 3 rings (SSSR count). The number of halogens is 1. The highest BCUT2D eigenvalue weighted by Gasteiger charge is 2.13. The van der Waals surface area contributed by atoms with Crippen molar-refractivity contribution >= 4 is 39.7 Å². The van der Waals surface area contributed by atoms with Gasteiger partial charge >= 0.3 is 0 Å². The number of benzene rings is 2. The summed E-state index contributed by atoms with van der Waals surface area (Å²) in [6.07, 6.45) is 1.61. The van der Waals surface area contributed by atoms with Crippen molar-refractivity contribution in [2.45, 2.75) is 0 Å². The van der Waals surface area contributed by atoms with Gasteiger partial charge in [-0.15, -0.1) is 0 Å². The minimum absolute atomic E-state index is 0.305. The van der Waals surface area contributed by atoms with Crippen molar-refractivity contribution < 1.29 is 4.79 Å². The van der Waals surface area contributed by atoms with Gasteiger partial charge < -0.3 is 11.1 Å². The molecule has 0 atom stereocenters. The van der Waals surface area contributed by atoms with E-state index in [2.05, 4.69) is 10.3 Å². The summed E-state index contributed by atoms with van der Waals surface area (Å²) in [5.74, 6) is -0.305. The van der Waals surface area contributed by atoms with Crippen LogP contribution in [0, 0.1) is 0 Å². The van der Waals surface area contributed by atoms with Crippen molar-refractivity contribution in [3.05, 3.63) is 65.4 Å². The number of pyridine rings is 1. The molecule has 21 heavy (non-hydrogen) atoms. The molecule has 104 valence electrons. The minimum atomic E-state index is -0.305. The third-order valence-electron chi connectivity index (χ3n) is 3.15. The summed E-state index contributed by atoms with van der Waals surface area (Å²) >= 11 is 5.84. The summed E-state index contributed by atoms with van der Waals surface area (Å²) in [6.45, 7) is 0. The number of nitrogens with one attached hydrogen (secondary N) is 1. The molecule has 3 N–H and O–H groups in total. The van der Waals surface area contributed by atoms with Crippen LogP contribution in [0.25, 0.3) is 10.8 Å². The smallest absolute Gasteiger partial charge is 0.274 e. The van der Waals surface area contributed by atoms with E-state index in [4.69, 9.17) is 17.3 Å². The van der Waals surface area contributed by atoms with E-state index < -0.39 is 0 Å². The lowest BCUT2D eigenvalue weighted by atomic mass is 10.1. The van der Waals surface area contributed by atoms with Gasteiger partial charge in [-0.25, -0.2) is 0 Å². The van der Waals surface area contributed by atoms with E-state index in [0.29, 0.717) is 22.1 Å². The van der Waals surface area contributed by atoms with Crippen LogP contribution in [0.5, 0.6) is 0 Å². The summed E-state index contributed by atoms with van der Waals surface area (Å²) in [6, 6.07) is 14.4. The van der Waals surface area contributed by atoms with Crippen molar-refractivity contribution in [2.75, 3.05) is 11.1 Å². The number of hydrogen-bond acceptors (Lipinski definition) is 3. The summed E-state index contributed by atoms with van der Waals surface area (Å²) in [5, 5.41) is 5.04. The topological polar surface area (TPSA) is 68.0 Å². The highest BCUT2D eigenvalue weighted by atomic mass is 35.5. The fraction of sp³-hybridized carbons (Fsp3) is 0. The Morgan fingerprint density at radius 1 is 1.14 bits per heavy atom. The Morgan fingerprint density at radius 2 is 1.95 bits per heavy atom. The molecule has 0 radical (unpaired) electrons. The zero-order valence-corrected chi connectivity index (χ0v) is 11.8. The second-order valence-electron chi connectivity index (χ2n) is 4.57. The molecular formula is C16H12ClN3O. The molecular weight excluding hydrogens is 286 g/mol. The number of amides is 1. The van der Waals surface area contributed by atoms with Crippen LogP contribution in [0.1, 0.15) is 10.5 Å². The highest BCUT2D eigenvalue weighted by Crippen LogP contribution is 2.24. The second-order valence-corrected chi connectivity index (χ2v) is 5.00. The van der Waals surface area contributed by atoms with Gasteiger partial charge in [-0.1, -0.05) is 35.9 Å². The predicted molar refractivity (Wildman–Crippen MR) is 85.6 cm³/mol. The van der Waals surface area contributed by atoms with Crippen molar-refractivity contribution in [3.8, 4) is 0 Å². The Balaban J connectivity index is 1.97. The molecule has 0 aliphatic heterocycles. The molecule has 1 amide bonds. The number of aromatic nitrogens is 1. The lowest BCUT2D eigenvalue weighted by Crippen LogP contribution is -2.15. The van der Waals surface area contributed by atoms with Crippen molar-refractivity contribution in [2.24, 2.45) is 0 Å². The largest absolute Gasteiger partial charge is 0.397 e. The quantitative estimate of drug-likeness (QED) is 0.708. The lowest BCUT2D eigenvalue weighted by molar-refractivity contribution is 0.102. The van der Waals surface area contributed by atoms with Gasteiger partial charge in [-0.3, -0.25) is 9.78 Å². The van der Waals surface area contributed by atoms with Crippen LogP contribution in [0.3, 0.4) is 0 Å². The summed E-state index contributed by atoms with van der Waals surface area (Å²) < 4.78 is 0. The fourth-order valence-electron chi connectivity index (χ4n) is 2.13. The number of hydrogen-bond donors (Lipinski definition) is 2. The molecule has 1 aromatic heterocycles. The number of nitrogen functional groups attached to an aromatic ring is 1. The van der Waals surface area contributed by atoms with Crippen LogP contribution in [0.4, 0.5) is 11.4 Å². The molecule has 0 spiro atoms. The molecule has 0 saturated heterocycles. The van der Waals surface area contributed by atoms with Crippen LogP contribution in [0.15, 0.2) is 54.7 Å². The van der Waals surface area contributed by atoms with E-state index >= 15 is 0 Å². The van der Waals surface area contributed by atoms with E-state index in [0.717, 1.165) is 10.8 Å². The van der Waals surface area contributed by atoms with E-state index in [-0.39, 0.29) is 5.91 Å². The number of fused-ring (bicyclic) bond motifs is 1. The number of nitrogens with two attached hydrogens (primary N) is 1. The monoisotopic (exact) mass is 297 g/mol. The first-order chi connectivity index (χ1) is 10.1. The van der Waals surface area contributed by atoms with Crippen molar-refractivity contribution in [3.63, 3.8) is 0 Å². The fourth-order valence-corrected chi connectivity index (χ4v) is 2.31. The average Bonchev–Trinajstić information content (AvgIpc) is 2.49. The van der Waals surface area contributed by atoms with Gasteiger partial charge in [0, 0.05) is 16.6 Å². The minimum Gasteiger partial charge on any atom is -0.397 e. The van der Waals surface area contributed by atoms with Crippen LogP contribution in [-0.2, 0) is 0 Å². The molecule has 0 bridgehead atoms. The third kappa shape index (κ3) is 2.66. The number of anilines is 2. The SMILES string of the molecule is Nc1cc(Cl)ccc1NC(=O)c1nccc2ccccc12. The Labute approximate surface area is 126 Å². The summed E-state index contributed by atoms with van der Waals surface area (Å²) in [7, 11) is 0. The zero-order valence-electron chi connectivity index (χ0n) is 11.0. The zero-order chi connectivity index (χ0) is 14.8. The third-order valence-corrected chi connectivity index (χ3v) is 3.39. The molecule has 0 saturated carbocycles. The second kappa shape index (κ2) is 5.42. The first-order valence-corrected chi connectivity index (χ1v) is 6.73. The Bertz CT molecular complexity index is 827. The number of rotatable bonds is 2. The van der Waals surface area contributed by atoms with Gasteiger partial charge in [0.15, 0.2) is 0 Å². The maximum absolute atomic E-state index is 12.4. The van der Waals surface area contributed by atoms with E-state index in [9.17, 15) is 4.79 Å². The Hall–Kier alpha value is -2.59. The predicted octanol–water partition coefficient (Wildman–Crippen LogP) is 3.72. The molecule has 3 aromatic rings. The molecule has 5 heteroatoms. The van der Waals surface area contributed by atoms with Crippen molar-refractivity contribution in [1.82, 2.24) is 4.98 Å². The van der Waals surface area contributed by atoms with Crippen molar-refractivity contribution in [1.29, 1.82) is 0 Å². The maximum Gasteiger partial charge on any atom is 0.274 e.